The summed E-state index contributed by atoms with van der Waals surface area (Å²) in [6.07, 6.45) is 0. The van der Waals surface area contributed by atoms with E-state index in [2.05, 4.69) is 31.2 Å². The molecule has 0 saturated heterocycles. The summed E-state index contributed by atoms with van der Waals surface area (Å²) >= 11 is 3.48. The number of aromatic nitrogens is 2. The number of anilines is 1. The predicted molar refractivity (Wildman–Crippen MR) is 80.7 cm³/mol. The summed E-state index contributed by atoms with van der Waals surface area (Å²) < 4.78 is 6.29. The van der Waals surface area contributed by atoms with Crippen LogP contribution in [0.5, 0.6) is 5.75 Å². The second-order valence-electron chi connectivity index (χ2n) is 4.25. The maximum absolute atomic E-state index is 5.41. The lowest BCUT2D eigenvalue weighted by Gasteiger charge is -2.11. The van der Waals surface area contributed by atoms with Gasteiger partial charge >= 0.3 is 0 Å². The first-order valence-electron chi connectivity index (χ1n) is 5.93. The monoisotopic (exact) mass is 321 g/mol. The van der Waals surface area contributed by atoms with Gasteiger partial charge in [-0.05, 0) is 47.5 Å². The summed E-state index contributed by atoms with van der Waals surface area (Å²) in [4.78, 5) is 9.02. The van der Waals surface area contributed by atoms with E-state index >= 15 is 0 Å². The quantitative estimate of drug-likeness (QED) is 0.938. The lowest BCUT2D eigenvalue weighted by Crippen LogP contribution is -2.01. The number of methoxy groups -OCH3 is 1. The number of benzene rings is 1. The Hall–Kier alpha value is -1.62. The molecule has 1 N–H and O–H groups in total. The summed E-state index contributed by atoms with van der Waals surface area (Å²) in [5.41, 5.74) is 2.92. The van der Waals surface area contributed by atoms with Gasteiger partial charge in [0.05, 0.1) is 22.8 Å². The van der Waals surface area contributed by atoms with Crippen LogP contribution in [-0.2, 0) is 0 Å². The van der Waals surface area contributed by atoms with Gasteiger partial charge in [0.2, 0.25) is 0 Å². The fraction of sp³-hybridized carbons (Fsp3) is 0.286. The van der Waals surface area contributed by atoms with E-state index in [0.29, 0.717) is 5.82 Å². The molecular weight excluding hydrogens is 306 g/mol. The number of aryl methyl sites for hydroxylation is 2. The van der Waals surface area contributed by atoms with Crippen molar-refractivity contribution >= 4 is 21.7 Å². The average molecular weight is 322 g/mol. The molecule has 2 rings (SSSR count). The number of rotatable bonds is 3. The zero-order chi connectivity index (χ0) is 14.0. The lowest BCUT2D eigenvalue weighted by molar-refractivity contribution is 0.416. The third-order valence-electron chi connectivity index (χ3n) is 2.85. The van der Waals surface area contributed by atoms with Gasteiger partial charge in [-0.1, -0.05) is 6.07 Å². The normalized spacial score (nSPS) is 10.4. The molecular formula is C14H16BrN3O. The number of hydrogen-bond donors (Lipinski definition) is 1. The van der Waals surface area contributed by atoms with Crippen LogP contribution in [0.25, 0.3) is 11.4 Å². The van der Waals surface area contributed by atoms with Crippen LogP contribution in [0.3, 0.4) is 0 Å². The highest BCUT2D eigenvalue weighted by atomic mass is 79.9. The minimum Gasteiger partial charge on any atom is -0.496 e. The van der Waals surface area contributed by atoms with Gasteiger partial charge in [-0.3, -0.25) is 0 Å². The van der Waals surface area contributed by atoms with E-state index in [1.807, 2.05) is 39.1 Å². The standard InChI is InChI=1S/C14H16BrN3O/c1-8-5-6-10(11(7-8)19-4)13-17-9(2)12(15)14(16-3)18-13/h5-7H,1-4H3,(H,16,17,18). The Kier molecular flexibility index (Phi) is 4.04. The topological polar surface area (TPSA) is 47.0 Å². The molecule has 4 nitrogen and oxygen atoms in total. The van der Waals surface area contributed by atoms with Crippen LogP contribution in [0.2, 0.25) is 0 Å². The maximum atomic E-state index is 5.41. The predicted octanol–water partition coefficient (Wildman–Crippen LogP) is 3.57. The van der Waals surface area contributed by atoms with E-state index < -0.39 is 0 Å². The van der Waals surface area contributed by atoms with Crippen molar-refractivity contribution in [3.63, 3.8) is 0 Å². The van der Waals surface area contributed by atoms with E-state index in [0.717, 1.165) is 32.9 Å². The number of ether oxygens (including phenoxy) is 1. The van der Waals surface area contributed by atoms with Crippen molar-refractivity contribution < 1.29 is 4.74 Å². The molecule has 0 unspecified atom stereocenters. The van der Waals surface area contributed by atoms with Gasteiger partial charge in [0.25, 0.3) is 0 Å². The molecule has 0 bridgehead atoms. The largest absolute Gasteiger partial charge is 0.496 e. The van der Waals surface area contributed by atoms with Crippen molar-refractivity contribution in [2.24, 2.45) is 0 Å². The molecule has 0 atom stereocenters. The van der Waals surface area contributed by atoms with Crippen LogP contribution in [-0.4, -0.2) is 24.1 Å². The third kappa shape index (κ3) is 2.71. The van der Waals surface area contributed by atoms with Gasteiger partial charge in [-0.15, -0.1) is 0 Å². The van der Waals surface area contributed by atoms with Crippen LogP contribution in [0, 0.1) is 13.8 Å². The molecule has 0 aliphatic heterocycles. The van der Waals surface area contributed by atoms with Gasteiger partial charge in [0.1, 0.15) is 11.6 Å². The zero-order valence-electron chi connectivity index (χ0n) is 11.4. The summed E-state index contributed by atoms with van der Waals surface area (Å²) in [5, 5.41) is 3.06. The fourth-order valence-electron chi connectivity index (χ4n) is 1.83. The molecule has 19 heavy (non-hydrogen) atoms. The highest BCUT2D eigenvalue weighted by Gasteiger charge is 2.13. The molecule has 0 radical (unpaired) electrons. The van der Waals surface area contributed by atoms with E-state index in [4.69, 9.17) is 4.74 Å². The van der Waals surface area contributed by atoms with Gasteiger partial charge in [-0.25, -0.2) is 9.97 Å². The molecule has 2 aromatic rings. The molecule has 0 aliphatic rings. The Labute approximate surface area is 121 Å². The van der Waals surface area contributed by atoms with Crippen LogP contribution in [0.4, 0.5) is 5.82 Å². The molecule has 5 heteroatoms. The van der Waals surface area contributed by atoms with E-state index in [9.17, 15) is 0 Å². The smallest absolute Gasteiger partial charge is 0.165 e. The van der Waals surface area contributed by atoms with Gasteiger partial charge < -0.3 is 10.1 Å². The summed E-state index contributed by atoms with van der Waals surface area (Å²) in [5.74, 6) is 2.20. The number of nitrogens with one attached hydrogen (secondary N) is 1. The first-order chi connectivity index (χ1) is 9.06. The summed E-state index contributed by atoms with van der Waals surface area (Å²) in [6.45, 7) is 3.97. The summed E-state index contributed by atoms with van der Waals surface area (Å²) in [7, 11) is 3.49. The Balaban J connectivity index is 2.62. The third-order valence-corrected chi connectivity index (χ3v) is 3.80. The molecule has 1 heterocycles. The second-order valence-corrected chi connectivity index (χ2v) is 5.04. The molecule has 0 aliphatic carbocycles. The van der Waals surface area contributed by atoms with Crippen LogP contribution in [0.15, 0.2) is 22.7 Å². The van der Waals surface area contributed by atoms with Crippen molar-refractivity contribution in [1.29, 1.82) is 0 Å². The van der Waals surface area contributed by atoms with Gasteiger partial charge in [-0.2, -0.15) is 0 Å². The molecule has 0 fully saturated rings. The lowest BCUT2D eigenvalue weighted by atomic mass is 10.1. The van der Waals surface area contributed by atoms with Crippen molar-refractivity contribution in [2.75, 3.05) is 19.5 Å². The SMILES string of the molecule is CNc1nc(-c2ccc(C)cc2OC)nc(C)c1Br. The molecule has 100 valence electrons. The van der Waals surface area contributed by atoms with E-state index in [-0.39, 0.29) is 0 Å². The first-order valence-corrected chi connectivity index (χ1v) is 6.73. The Bertz CT molecular complexity index is 614. The van der Waals surface area contributed by atoms with Crippen LogP contribution < -0.4 is 10.1 Å². The van der Waals surface area contributed by atoms with Gasteiger partial charge in [0.15, 0.2) is 5.82 Å². The summed E-state index contributed by atoms with van der Waals surface area (Å²) in [6, 6.07) is 5.99. The first kappa shape index (κ1) is 13.8. The van der Waals surface area contributed by atoms with Crippen LogP contribution >= 0.6 is 15.9 Å². The minimum absolute atomic E-state index is 0.655. The molecule has 0 saturated carbocycles. The molecule has 1 aromatic heterocycles. The van der Waals surface area contributed by atoms with Crippen molar-refractivity contribution in [1.82, 2.24) is 9.97 Å². The molecule has 0 spiro atoms. The highest BCUT2D eigenvalue weighted by Crippen LogP contribution is 2.31. The van der Waals surface area contributed by atoms with Gasteiger partial charge in [0, 0.05) is 7.05 Å². The zero-order valence-corrected chi connectivity index (χ0v) is 13.0. The van der Waals surface area contributed by atoms with E-state index in [1.54, 1.807) is 7.11 Å². The maximum Gasteiger partial charge on any atom is 0.165 e. The Morgan fingerprint density at radius 2 is 1.95 bits per heavy atom. The number of nitrogens with zero attached hydrogens (tertiary/aromatic N) is 2. The Morgan fingerprint density at radius 1 is 1.21 bits per heavy atom. The average Bonchev–Trinajstić information content (AvgIpc) is 2.41. The van der Waals surface area contributed by atoms with Crippen molar-refractivity contribution in [2.45, 2.75) is 13.8 Å². The fourth-order valence-corrected chi connectivity index (χ4v) is 2.20. The second kappa shape index (κ2) is 5.57. The van der Waals surface area contributed by atoms with Crippen molar-refractivity contribution in [3.05, 3.63) is 33.9 Å². The number of halogens is 1. The number of hydrogen-bond acceptors (Lipinski definition) is 4. The molecule has 0 amide bonds. The Morgan fingerprint density at radius 3 is 2.58 bits per heavy atom. The van der Waals surface area contributed by atoms with Crippen molar-refractivity contribution in [3.8, 4) is 17.1 Å². The highest BCUT2D eigenvalue weighted by molar-refractivity contribution is 9.10. The van der Waals surface area contributed by atoms with Crippen LogP contribution in [0.1, 0.15) is 11.3 Å². The molecule has 1 aromatic carbocycles. The van der Waals surface area contributed by atoms with E-state index in [1.165, 1.54) is 0 Å². The minimum atomic E-state index is 0.655.